The Labute approximate surface area is 128 Å². The van der Waals surface area contributed by atoms with Crippen LogP contribution in [0.25, 0.3) is 0 Å². The number of nitrogens with one attached hydrogen (secondary N) is 1. The molecule has 8 heteroatoms. The minimum atomic E-state index is -0.00242. The van der Waals surface area contributed by atoms with Crippen LogP contribution in [0.1, 0.15) is 17.3 Å². The average Bonchev–Trinajstić information content (AvgIpc) is 3.09. The quantitative estimate of drug-likeness (QED) is 0.888. The van der Waals surface area contributed by atoms with Gasteiger partial charge in [0.25, 0.3) is 5.91 Å². The molecular formula is C14H18N6O2. The van der Waals surface area contributed by atoms with E-state index in [-0.39, 0.29) is 5.91 Å². The van der Waals surface area contributed by atoms with Gasteiger partial charge in [-0.1, -0.05) is 0 Å². The summed E-state index contributed by atoms with van der Waals surface area (Å²) in [5, 5.41) is 6.47. The van der Waals surface area contributed by atoms with E-state index in [0.717, 1.165) is 0 Å². The van der Waals surface area contributed by atoms with Gasteiger partial charge in [0.15, 0.2) is 0 Å². The molecule has 0 aliphatic carbocycles. The first-order valence-corrected chi connectivity index (χ1v) is 7.27. The Bertz CT molecular complexity index is 622. The molecule has 0 aromatic carbocycles. The Balaban J connectivity index is 1.62. The fourth-order valence-electron chi connectivity index (χ4n) is 2.37. The molecule has 1 saturated heterocycles. The van der Waals surface area contributed by atoms with Crippen LogP contribution in [-0.2, 0) is 0 Å². The predicted molar refractivity (Wildman–Crippen MR) is 79.9 cm³/mol. The first-order chi connectivity index (χ1) is 10.8. The Kier molecular flexibility index (Phi) is 4.17. The van der Waals surface area contributed by atoms with Gasteiger partial charge in [-0.15, -0.1) is 0 Å². The molecule has 8 nitrogen and oxygen atoms in total. The SMILES string of the molecule is CCOc1ccnc(N2CCN(C(=O)c3cn[nH]c3)CC2)n1. The minimum Gasteiger partial charge on any atom is -0.478 e. The summed E-state index contributed by atoms with van der Waals surface area (Å²) in [5.74, 6) is 1.21. The molecule has 1 aliphatic rings. The van der Waals surface area contributed by atoms with Gasteiger partial charge in [-0.05, 0) is 6.92 Å². The maximum Gasteiger partial charge on any atom is 0.257 e. The molecule has 0 saturated carbocycles. The van der Waals surface area contributed by atoms with E-state index in [0.29, 0.717) is 50.2 Å². The number of ether oxygens (including phenoxy) is 1. The molecule has 0 atom stereocenters. The number of H-pyrrole nitrogens is 1. The third-order valence-electron chi connectivity index (χ3n) is 3.50. The number of aromatic amines is 1. The van der Waals surface area contributed by atoms with Gasteiger partial charge in [0.05, 0.1) is 18.4 Å². The average molecular weight is 302 g/mol. The Morgan fingerprint density at radius 2 is 2.18 bits per heavy atom. The summed E-state index contributed by atoms with van der Waals surface area (Å²) in [6.07, 6.45) is 4.85. The van der Waals surface area contributed by atoms with E-state index >= 15 is 0 Å². The number of amides is 1. The number of rotatable bonds is 4. The smallest absolute Gasteiger partial charge is 0.257 e. The van der Waals surface area contributed by atoms with E-state index in [9.17, 15) is 4.79 Å². The molecular weight excluding hydrogens is 284 g/mol. The van der Waals surface area contributed by atoms with E-state index in [4.69, 9.17) is 4.74 Å². The van der Waals surface area contributed by atoms with Crippen molar-refractivity contribution in [2.24, 2.45) is 0 Å². The summed E-state index contributed by atoms with van der Waals surface area (Å²) >= 11 is 0. The van der Waals surface area contributed by atoms with Crippen molar-refractivity contribution in [3.05, 3.63) is 30.2 Å². The van der Waals surface area contributed by atoms with E-state index in [1.54, 1.807) is 24.7 Å². The highest BCUT2D eigenvalue weighted by Gasteiger charge is 2.24. The van der Waals surface area contributed by atoms with Crippen molar-refractivity contribution < 1.29 is 9.53 Å². The minimum absolute atomic E-state index is 0.00242. The van der Waals surface area contributed by atoms with Gasteiger partial charge >= 0.3 is 0 Å². The van der Waals surface area contributed by atoms with Crippen LogP contribution in [-0.4, -0.2) is 63.8 Å². The van der Waals surface area contributed by atoms with Crippen molar-refractivity contribution in [1.29, 1.82) is 0 Å². The molecule has 116 valence electrons. The number of anilines is 1. The molecule has 2 aromatic heterocycles. The number of carbonyl (C=O) groups excluding carboxylic acids is 1. The number of hydrogen-bond acceptors (Lipinski definition) is 6. The molecule has 3 rings (SSSR count). The number of carbonyl (C=O) groups is 1. The van der Waals surface area contributed by atoms with Crippen molar-refractivity contribution in [2.45, 2.75) is 6.92 Å². The lowest BCUT2D eigenvalue weighted by Crippen LogP contribution is -2.49. The summed E-state index contributed by atoms with van der Waals surface area (Å²) in [4.78, 5) is 24.8. The first kappa shape index (κ1) is 14.3. The van der Waals surface area contributed by atoms with E-state index in [1.807, 2.05) is 11.8 Å². The van der Waals surface area contributed by atoms with Crippen molar-refractivity contribution >= 4 is 11.9 Å². The molecule has 0 bridgehead atoms. The molecule has 22 heavy (non-hydrogen) atoms. The highest BCUT2D eigenvalue weighted by molar-refractivity contribution is 5.93. The number of hydrogen-bond donors (Lipinski definition) is 1. The fraction of sp³-hybridized carbons (Fsp3) is 0.429. The monoisotopic (exact) mass is 302 g/mol. The topological polar surface area (TPSA) is 87.2 Å². The highest BCUT2D eigenvalue weighted by atomic mass is 16.5. The second-order valence-corrected chi connectivity index (χ2v) is 4.89. The van der Waals surface area contributed by atoms with Gasteiger partial charge in [0, 0.05) is 44.6 Å². The zero-order valence-electron chi connectivity index (χ0n) is 12.4. The lowest BCUT2D eigenvalue weighted by atomic mass is 10.2. The zero-order valence-corrected chi connectivity index (χ0v) is 12.4. The maximum atomic E-state index is 12.2. The second-order valence-electron chi connectivity index (χ2n) is 4.89. The standard InChI is InChI=1S/C14H18N6O2/c1-2-22-12-3-4-15-14(18-12)20-7-5-19(6-8-20)13(21)11-9-16-17-10-11/h3-4,9-10H,2,5-8H2,1H3,(H,16,17). The van der Waals surface area contributed by atoms with Crippen molar-refractivity contribution in [3.8, 4) is 5.88 Å². The van der Waals surface area contributed by atoms with Crippen molar-refractivity contribution in [1.82, 2.24) is 25.1 Å². The van der Waals surface area contributed by atoms with Gasteiger partial charge < -0.3 is 14.5 Å². The van der Waals surface area contributed by atoms with Crippen LogP contribution in [0.15, 0.2) is 24.7 Å². The summed E-state index contributed by atoms with van der Waals surface area (Å²) in [6, 6.07) is 1.74. The Hall–Kier alpha value is -2.64. The predicted octanol–water partition coefficient (Wildman–Crippen LogP) is 0.561. The van der Waals surface area contributed by atoms with Crippen LogP contribution in [0.5, 0.6) is 5.88 Å². The second kappa shape index (κ2) is 6.42. The van der Waals surface area contributed by atoms with Gasteiger partial charge in [0.1, 0.15) is 0 Å². The lowest BCUT2D eigenvalue weighted by Gasteiger charge is -2.34. The summed E-state index contributed by atoms with van der Waals surface area (Å²) in [6.45, 7) is 5.14. The molecule has 0 radical (unpaired) electrons. The van der Waals surface area contributed by atoms with Crippen molar-refractivity contribution in [2.75, 3.05) is 37.7 Å². The molecule has 3 heterocycles. The zero-order chi connectivity index (χ0) is 15.4. The van der Waals surface area contributed by atoms with E-state index in [1.165, 1.54) is 0 Å². The van der Waals surface area contributed by atoms with Crippen LogP contribution in [0.2, 0.25) is 0 Å². The number of aromatic nitrogens is 4. The maximum absolute atomic E-state index is 12.2. The summed E-state index contributed by atoms with van der Waals surface area (Å²) in [5.41, 5.74) is 0.586. The number of nitrogens with zero attached hydrogens (tertiary/aromatic N) is 5. The normalized spacial score (nSPS) is 15.0. The van der Waals surface area contributed by atoms with Gasteiger partial charge in [-0.25, -0.2) is 4.98 Å². The van der Waals surface area contributed by atoms with Crippen LogP contribution in [0.4, 0.5) is 5.95 Å². The molecule has 1 N–H and O–H groups in total. The molecule has 1 fully saturated rings. The third kappa shape index (κ3) is 3.00. The molecule has 0 spiro atoms. The summed E-state index contributed by atoms with van der Waals surface area (Å²) < 4.78 is 5.39. The molecule has 1 aliphatic heterocycles. The highest BCUT2D eigenvalue weighted by Crippen LogP contribution is 2.15. The Morgan fingerprint density at radius 1 is 1.36 bits per heavy atom. The fourth-order valence-corrected chi connectivity index (χ4v) is 2.37. The van der Waals surface area contributed by atoms with Crippen LogP contribution < -0.4 is 9.64 Å². The van der Waals surface area contributed by atoms with Gasteiger partial charge in [-0.3, -0.25) is 9.89 Å². The lowest BCUT2D eigenvalue weighted by molar-refractivity contribution is 0.0746. The number of piperazine rings is 1. The largest absolute Gasteiger partial charge is 0.478 e. The van der Waals surface area contributed by atoms with Crippen molar-refractivity contribution in [3.63, 3.8) is 0 Å². The van der Waals surface area contributed by atoms with Crippen LogP contribution >= 0.6 is 0 Å². The molecule has 1 amide bonds. The van der Waals surface area contributed by atoms with E-state index < -0.39 is 0 Å². The molecule has 2 aromatic rings. The Morgan fingerprint density at radius 3 is 2.86 bits per heavy atom. The summed E-state index contributed by atoms with van der Waals surface area (Å²) in [7, 11) is 0. The van der Waals surface area contributed by atoms with Gasteiger partial charge in [0.2, 0.25) is 11.8 Å². The first-order valence-electron chi connectivity index (χ1n) is 7.27. The van der Waals surface area contributed by atoms with Crippen LogP contribution in [0.3, 0.4) is 0 Å². The molecule has 0 unspecified atom stereocenters. The third-order valence-corrected chi connectivity index (χ3v) is 3.50. The van der Waals surface area contributed by atoms with E-state index in [2.05, 4.69) is 25.1 Å². The van der Waals surface area contributed by atoms with Gasteiger partial charge in [-0.2, -0.15) is 10.1 Å². The van der Waals surface area contributed by atoms with Crippen LogP contribution in [0, 0.1) is 0 Å².